The number of likely N-dealkylation sites (tertiary alicyclic amines) is 1. The maximum absolute atomic E-state index is 6.18. The molecule has 3 nitrogen and oxygen atoms in total. The van der Waals surface area contributed by atoms with Crippen LogP contribution < -0.4 is 0 Å². The van der Waals surface area contributed by atoms with Crippen LogP contribution in [0.25, 0.3) is 0 Å². The number of hydrogen-bond acceptors (Lipinski definition) is 3. The highest BCUT2D eigenvalue weighted by molar-refractivity contribution is 5.25. The smallest absolute Gasteiger partial charge is 0.157 e. The molecule has 1 fully saturated rings. The van der Waals surface area contributed by atoms with Crippen molar-refractivity contribution < 1.29 is 9.47 Å². The quantitative estimate of drug-likeness (QED) is 0.774. The fourth-order valence-corrected chi connectivity index (χ4v) is 3.42. The molecule has 0 bridgehead atoms. The van der Waals surface area contributed by atoms with Crippen LogP contribution in [0.15, 0.2) is 23.7 Å². The van der Waals surface area contributed by atoms with Gasteiger partial charge in [-0.25, -0.2) is 0 Å². The number of rotatable bonds is 2. The van der Waals surface area contributed by atoms with Gasteiger partial charge >= 0.3 is 0 Å². The van der Waals surface area contributed by atoms with E-state index in [0.29, 0.717) is 12.5 Å². The zero-order valence-electron chi connectivity index (χ0n) is 13.7. The first-order valence-electron chi connectivity index (χ1n) is 8.45. The molecule has 3 heteroatoms. The summed E-state index contributed by atoms with van der Waals surface area (Å²) in [5, 5.41) is 0. The summed E-state index contributed by atoms with van der Waals surface area (Å²) >= 11 is 0. The van der Waals surface area contributed by atoms with Gasteiger partial charge in [0.1, 0.15) is 18.5 Å². The molecule has 2 heterocycles. The van der Waals surface area contributed by atoms with Crippen LogP contribution in [-0.4, -0.2) is 37.2 Å². The van der Waals surface area contributed by atoms with E-state index in [0.717, 1.165) is 24.5 Å². The molecule has 0 N–H and O–H groups in total. The summed E-state index contributed by atoms with van der Waals surface area (Å²) in [4.78, 5) is 2.52. The number of hydrogen-bond donors (Lipinski definition) is 0. The Hall–Kier alpha value is -0.960. The van der Waals surface area contributed by atoms with Gasteiger partial charge in [0.2, 0.25) is 0 Å². The van der Waals surface area contributed by atoms with Gasteiger partial charge in [0.15, 0.2) is 5.76 Å². The highest BCUT2D eigenvalue weighted by atomic mass is 16.6. The zero-order valence-corrected chi connectivity index (χ0v) is 13.7. The van der Waals surface area contributed by atoms with Gasteiger partial charge in [-0.15, -0.1) is 0 Å². The molecule has 0 aromatic carbocycles. The fourth-order valence-electron chi connectivity index (χ4n) is 3.42. The van der Waals surface area contributed by atoms with Gasteiger partial charge in [0.25, 0.3) is 0 Å². The molecule has 2 aliphatic heterocycles. The van der Waals surface area contributed by atoms with Gasteiger partial charge in [-0.05, 0) is 43.3 Å². The molecule has 0 spiro atoms. The van der Waals surface area contributed by atoms with E-state index in [1.807, 2.05) is 0 Å². The van der Waals surface area contributed by atoms with Gasteiger partial charge in [-0.1, -0.05) is 33.3 Å². The average Bonchev–Trinajstić information content (AvgIpc) is 2.47. The lowest BCUT2D eigenvalue weighted by atomic mass is 9.76. The summed E-state index contributed by atoms with van der Waals surface area (Å²) in [5.41, 5.74) is 0.281. The first-order valence-corrected chi connectivity index (χ1v) is 8.45. The van der Waals surface area contributed by atoms with E-state index < -0.39 is 0 Å². The molecule has 0 amide bonds. The fraction of sp³-hybridized carbons (Fsp3) is 0.778. The van der Waals surface area contributed by atoms with Crippen molar-refractivity contribution in [3.63, 3.8) is 0 Å². The van der Waals surface area contributed by atoms with Crippen molar-refractivity contribution in [2.24, 2.45) is 11.3 Å². The summed E-state index contributed by atoms with van der Waals surface area (Å²) in [6, 6.07) is 0. The second-order valence-corrected chi connectivity index (χ2v) is 7.74. The van der Waals surface area contributed by atoms with Gasteiger partial charge in [0, 0.05) is 13.0 Å². The van der Waals surface area contributed by atoms with Crippen LogP contribution >= 0.6 is 0 Å². The van der Waals surface area contributed by atoms with Crippen LogP contribution in [0.5, 0.6) is 0 Å². The Morgan fingerprint density at radius 1 is 1.19 bits per heavy atom. The molecular formula is C18H29NO2. The van der Waals surface area contributed by atoms with Crippen LogP contribution in [0.2, 0.25) is 0 Å². The van der Waals surface area contributed by atoms with Crippen molar-refractivity contribution in [2.75, 3.05) is 26.2 Å². The molecule has 2 unspecified atom stereocenters. The maximum atomic E-state index is 6.18. The van der Waals surface area contributed by atoms with E-state index in [-0.39, 0.29) is 11.5 Å². The number of piperidine rings is 1. The molecule has 2 atom stereocenters. The van der Waals surface area contributed by atoms with Gasteiger partial charge < -0.3 is 9.47 Å². The Kier molecular flexibility index (Phi) is 4.30. The molecule has 3 aliphatic rings. The molecule has 118 valence electrons. The molecule has 0 saturated carbocycles. The number of nitrogens with zero attached hydrogens (tertiary/aromatic N) is 1. The molecule has 0 radical (unpaired) electrons. The average molecular weight is 291 g/mol. The van der Waals surface area contributed by atoms with Gasteiger partial charge in [0.05, 0.1) is 0 Å². The third kappa shape index (κ3) is 3.63. The molecule has 1 aliphatic carbocycles. The predicted molar refractivity (Wildman–Crippen MR) is 84.8 cm³/mol. The standard InChI is InChI=1S/C18H29NO2/c1-18(2,3)14-7-8-16-17(11-14)20-13-15(21-16)12-19-9-5-4-6-10-19/h7-8,14-15H,4-6,9-13H2,1-3H3. The van der Waals surface area contributed by atoms with Crippen molar-refractivity contribution in [1.82, 2.24) is 4.90 Å². The van der Waals surface area contributed by atoms with Crippen LogP contribution in [0.1, 0.15) is 46.5 Å². The highest BCUT2D eigenvalue weighted by Gasteiger charge is 2.32. The summed E-state index contributed by atoms with van der Waals surface area (Å²) in [5.74, 6) is 2.58. The Balaban J connectivity index is 1.57. The van der Waals surface area contributed by atoms with E-state index in [2.05, 4.69) is 37.8 Å². The summed E-state index contributed by atoms with van der Waals surface area (Å²) in [6.45, 7) is 11.0. The minimum absolute atomic E-state index is 0.192. The maximum Gasteiger partial charge on any atom is 0.157 e. The van der Waals surface area contributed by atoms with Crippen LogP contribution in [0.3, 0.4) is 0 Å². The molecule has 21 heavy (non-hydrogen) atoms. The van der Waals surface area contributed by atoms with E-state index in [1.54, 1.807) is 0 Å². The van der Waals surface area contributed by atoms with E-state index in [9.17, 15) is 0 Å². The molecule has 0 aromatic heterocycles. The monoisotopic (exact) mass is 291 g/mol. The lowest BCUT2D eigenvalue weighted by Gasteiger charge is -2.37. The number of allylic oxidation sites excluding steroid dienone is 3. The van der Waals surface area contributed by atoms with Crippen molar-refractivity contribution in [3.05, 3.63) is 23.7 Å². The zero-order chi connectivity index (χ0) is 14.9. The Labute approximate surface area is 129 Å². The lowest BCUT2D eigenvalue weighted by Crippen LogP contribution is -2.41. The third-order valence-corrected chi connectivity index (χ3v) is 4.92. The second-order valence-electron chi connectivity index (χ2n) is 7.74. The molecule has 0 aromatic rings. The molecular weight excluding hydrogens is 262 g/mol. The van der Waals surface area contributed by atoms with Crippen molar-refractivity contribution in [1.29, 1.82) is 0 Å². The summed E-state index contributed by atoms with van der Waals surface area (Å²) < 4.78 is 12.2. The van der Waals surface area contributed by atoms with Crippen molar-refractivity contribution in [3.8, 4) is 0 Å². The van der Waals surface area contributed by atoms with Crippen LogP contribution in [-0.2, 0) is 9.47 Å². The lowest BCUT2D eigenvalue weighted by molar-refractivity contribution is -0.0255. The number of ether oxygens (including phenoxy) is 2. The van der Waals surface area contributed by atoms with E-state index in [1.165, 1.54) is 32.4 Å². The largest absolute Gasteiger partial charge is 0.490 e. The van der Waals surface area contributed by atoms with E-state index >= 15 is 0 Å². The Morgan fingerprint density at radius 3 is 2.67 bits per heavy atom. The molecule has 3 rings (SSSR count). The summed E-state index contributed by atoms with van der Waals surface area (Å²) in [7, 11) is 0. The first-order chi connectivity index (χ1) is 10.0. The normalized spacial score (nSPS) is 30.6. The van der Waals surface area contributed by atoms with Crippen molar-refractivity contribution in [2.45, 2.75) is 52.6 Å². The summed E-state index contributed by atoms with van der Waals surface area (Å²) in [6.07, 6.45) is 9.64. The van der Waals surface area contributed by atoms with Gasteiger partial charge in [-0.2, -0.15) is 0 Å². The topological polar surface area (TPSA) is 21.7 Å². The Bertz CT molecular complexity index is 427. The van der Waals surface area contributed by atoms with Crippen LogP contribution in [0.4, 0.5) is 0 Å². The van der Waals surface area contributed by atoms with Gasteiger partial charge in [-0.3, -0.25) is 4.90 Å². The van der Waals surface area contributed by atoms with Crippen LogP contribution in [0, 0.1) is 11.3 Å². The SMILES string of the molecule is CC(C)(C)C1C=CC2=C(C1)OCC(CN1CCCCC1)O2. The minimum atomic E-state index is 0.192. The molecule has 1 saturated heterocycles. The highest BCUT2D eigenvalue weighted by Crippen LogP contribution is 2.38. The third-order valence-electron chi connectivity index (χ3n) is 4.92. The van der Waals surface area contributed by atoms with E-state index in [4.69, 9.17) is 9.47 Å². The predicted octanol–water partition coefficient (Wildman–Crippen LogP) is 3.72. The second kappa shape index (κ2) is 6.04. The first kappa shape index (κ1) is 15.0. The Morgan fingerprint density at radius 2 is 1.95 bits per heavy atom. The van der Waals surface area contributed by atoms with Crippen molar-refractivity contribution >= 4 is 0 Å². The minimum Gasteiger partial charge on any atom is -0.490 e.